The van der Waals surface area contributed by atoms with Crippen molar-refractivity contribution in [3.63, 3.8) is 0 Å². The summed E-state index contributed by atoms with van der Waals surface area (Å²) in [7, 11) is 0. The average molecular weight is 403 g/mol. The van der Waals surface area contributed by atoms with Crippen molar-refractivity contribution in [3.05, 3.63) is 101 Å². The molecule has 0 aliphatic carbocycles. The Balaban J connectivity index is 1.32. The minimum Gasteiger partial charge on any atom is -0.297 e. The van der Waals surface area contributed by atoms with Crippen LogP contribution in [-0.4, -0.2) is 42.5 Å². The third-order valence-corrected chi connectivity index (χ3v) is 5.76. The number of halogens is 1. The Kier molecular flexibility index (Phi) is 6.79. The van der Waals surface area contributed by atoms with Gasteiger partial charge in [0.15, 0.2) is 0 Å². The van der Waals surface area contributed by atoms with E-state index in [0.717, 1.165) is 44.3 Å². The highest BCUT2D eigenvalue weighted by molar-refractivity contribution is 6.30. The second-order valence-electron chi connectivity index (χ2n) is 7.55. The number of nitrogens with zero attached hydrogens (tertiary/aromatic N) is 2. The molecule has 1 aliphatic rings. The zero-order valence-corrected chi connectivity index (χ0v) is 17.4. The second-order valence-corrected chi connectivity index (χ2v) is 7.99. The highest BCUT2D eigenvalue weighted by Gasteiger charge is 2.17. The summed E-state index contributed by atoms with van der Waals surface area (Å²) in [6.07, 6.45) is 4.50. The first-order chi connectivity index (χ1) is 14.3. The van der Waals surface area contributed by atoms with E-state index in [1.54, 1.807) is 0 Å². The van der Waals surface area contributed by atoms with Gasteiger partial charge in [-0.05, 0) is 34.4 Å². The van der Waals surface area contributed by atoms with Gasteiger partial charge in [-0.25, -0.2) is 0 Å². The molecule has 1 saturated heterocycles. The molecule has 0 bridgehead atoms. The Labute approximate surface area is 179 Å². The quantitative estimate of drug-likeness (QED) is 0.511. The molecule has 4 rings (SSSR count). The van der Waals surface area contributed by atoms with E-state index in [9.17, 15) is 0 Å². The first kappa shape index (κ1) is 19.9. The maximum absolute atomic E-state index is 6.06. The van der Waals surface area contributed by atoms with Gasteiger partial charge in [-0.1, -0.05) is 90.5 Å². The Bertz CT molecular complexity index is 926. The van der Waals surface area contributed by atoms with Crippen LogP contribution in [0.1, 0.15) is 11.1 Å². The lowest BCUT2D eigenvalue weighted by molar-refractivity contribution is 0.137. The molecule has 0 spiro atoms. The van der Waals surface area contributed by atoms with E-state index in [1.165, 1.54) is 22.3 Å². The summed E-state index contributed by atoms with van der Waals surface area (Å²) in [5, 5.41) is 0.781. The summed E-state index contributed by atoms with van der Waals surface area (Å²) in [5.41, 5.74) is 5.18. The lowest BCUT2D eigenvalue weighted by atomic mass is 9.99. The van der Waals surface area contributed by atoms with Crippen molar-refractivity contribution in [1.29, 1.82) is 0 Å². The lowest BCUT2D eigenvalue weighted by Gasteiger charge is -2.34. The van der Waals surface area contributed by atoms with Crippen LogP contribution in [0.3, 0.4) is 0 Å². The minimum absolute atomic E-state index is 0.781. The molecular formula is C26H27ClN2. The van der Waals surface area contributed by atoms with Gasteiger partial charge < -0.3 is 0 Å². The summed E-state index contributed by atoms with van der Waals surface area (Å²) in [5.74, 6) is 0. The van der Waals surface area contributed by atoms with Crippen LogP contribution >= 0.6 is 11.6 Å². The van der Waals surface area contributed by atoms with Gasteiger partial charge in [-0.15, -0.1) is 0 Å². The molecule has 0 N–H and O–H groups in total. The molecular weight excluding hydrogens is 376 g/mol. The zero-order valence-electron chi connectivity index (χ0n) is 16.7. The van der Waals surface area contributed by atoms with Crippen molar-refractivity contribution in [2.45, 2.75) is 6.54 Å². The molecule has 1 heterocycles. The normalized spacial score (nSPS) is 15.8. The number of piperazine rings is 1. The molecule has 0 radical (unpaired) electrons. The van der Waals surface area contributed by atoms with Crippen LogP contribution in [0.25, 0.3) is 17.2 Å². The van der Waals surface area contributed by atoms with Gasteiger partial charge in [0.1, 0.15) is 0 Å². The number of benzene rings is 3. The van der Waals surface area contributed by atoms with Crippen molar-refractivity contribution >= 4 is 17.7 Å². The average Bonchev–Trinajstić information content (AvgIpc) is 2.77. The predicted octanol–water partition coefficient (Wildman–Crippen LogP) is 5.84. The topological polar surface area (TPSA) is 6.48 Å². The molecule has 148 valence electrons. The fraction of sp³-hybridized carbons (Fsp3) is 0.231. The fourth-order valence-electron chi connectivity index (χ4n) is 3.84. The van der Waals surface area contributed by atoms with E-state index in [-0.39, 0.29) is 0 Å². The van der Waals surface area contributed by atoms with Crippen molar-refractivity contribution in [2.75, 3.05) is 32.7 Å². The summed E-state index contributed by atoms with van der Waals surface area (Å²) >= 11 is 6.06. The number of hydrogen-bond acceptors (Lipinski definition) is 2. The third kappa shape index (κ3) is 5.57. The molecule has 0 unspecified atom stereocenters. The zero-order chi connectivity index (χ0) is 19.9. The van der Waals surface area contributed by atoms with Crippen LogP contribution in [0.5, 0.6) is 0 Å². The van der Waals surface area contributed by atoms with E-state index in [1.807, 2.05) is 12.1 Å². The van der Waals surface area contributed by atoms with E-state index in [2.05, 4.69) is 88.7 Å². The van der Waals surface area contributed by atoms with E-state index in [0.29, 0.717) is 0 Å². The molecule has 2 nitrogen and oxygen atoms in total. The molecule has 0 saturated carbocycles. The largest absolute Gasteiger partial charge is 0.297 e. The third-order valence-electron chi connectivity index (χ3n) is 5.50. The maximum atomic E-state index is 6.06. The molecule has 3 aromatic rings. The van der Waals surface area contributed by atoms with Crippen molar-refractivity contribution in [3.8, 4) is 11.1 Å². The van der Waals surface area contributed by atoms with Gasteiger partial charge in [0.25, 0.3) is 0 Å². The van der Waals surface area contributed by atoms with Gasteiger partial charge in [0, 0.05) is 44.3 Å². The first-order valence-corrected chi connectivity index (χ1v) is 10.7. The summed E-state index contributed by atoms with van der Waals surface area (Å²) in [4.78, 5) is 5.09. The van der Waals surface area contributed by atoms with Gasteiger partial charge in [0.05, 0.1) is 0 Å². The fourth-order valence-corrected chi connectivity index (χ4v) is 3.97. The van der Waals surface area contributed by atoms with Crippen LogP contribution in [0, 0.1) is 0 Å². The minimum atomic E-state index is 0.781. The van der Waals surface area contributed by atoms with Crippen molar-refractivity contribution in [2.24, 2.45) is 0 Å². The van der Waals surface area contributed by atoms with Gasteiger partial charge in [-0.3, -0.25) is 9.80 Å². The van der Waals surface area contributed by atoms with E-state index >= 15 is 0 Å². The Morgan fingerprint density at radius 3 is 2.14 bits per heavy atom. The Morgan fingerprint density at radius 2 is 1.38 bits per heavy atom. The van der Waals surface area contributed by atoms with Gasteiger partial charge >= 0.3 is 0 Å². The van der Waals surface area contributed by atoms with Crippen molar-refractivity contribution in [1.82, 2.24) is 9.80 Å². The highest BCUT2D eigenvalue weighted by atomic mass is 35.5. The Hall–Kier alpha value is -2.39. The van der Waals surface area contributed by atoms with Gasteiger partial charge in [-0.2, -0.15) is 0 Å². The molecule has 0 aromatic heterocycles. The number of rotatable bonds is 6. The van der Waals surface area contributed by atoms with Crippen LogP contribution in [0.15, 0.2) is 84.9 Å². The second kappa shape index (κ2) is 9.89. The molecule has 3 heteroatoms. The standard InChI is InChI=1S/C26H27ClN2/c27-25-14-12-23(13-15-25)26-11-5-4-10-24(26)21-29-19-17-28(18-20-29)16-6-9-22-7-2-1-3-8-22/h1-15H,16-21H2. The molecule has 1 fully saturated rings. The summed E-state index contributed by atoms with van der Waals surface area (Å²) in [6.45, 7) is 6.45. The molecule has 3 aromatic carbocycles. The monoisotopic (exact) mass is 402 g/mol. The SMILES string of the molecule is Clc1ccc(-c2ccccc2CN2CCN(CC=Cc3ccccc3)CC2)cc1. The molecule has 0 amide bonds. The van der Waals surface area contributed by atoms with Crippen LogP contribution < -0.4 is 0 Å². The van der Waals surface area contributed by atoms with Crippen LogP contribution in [0.4, 0.5) is 0 Å². The molecule has 29 heavy (non-hydrogen) atoms. The van der Waals surface area contributed by atoms with E-state index < -0.39 is 0 Å². The maximum Gasteiger partial charge on any atom is 0.0406 e. The smallest absolute Gasteiger partial charge is 0.0406 e. The molecule has 0 atom stereocenters. The van der Waals surface area contributed by atoms with E-state index in [4.69, 9.17) is 11.6 Å². The molecule has 1 aliphatic heterocycles. The number of hydrogen-bond donors (Lipinski definition) is 0. The van der Waals surface area contributed by atoms with Crippen molar-refractivity contribution < 1.29 is 0 Å². The van der Waals surface area contributed by atoms with Crippen LogP contribution in [-0.2, 0) is 6.54 Å². The van der Waals surface area contributed by atoms with Crippen LogP contribution in [0.2, 0.25) is 5.02 Å². The lowest BCUT2D eigenvalue weighted by Crippen LogP contribution is -2.45. The summed E-state index contributed by atoms with van der Waals surface area (Å²) < 4.78 is 0. The first-order valence-electron chi connectivity index (χ1n) is 10.3. The van der Waals surface area contributed by atoms with Gasteiger partial charge in [0.2, 0.25) is 0 Å². The Morgan fingerprint density at radius 1 is 0.724 bits per heavy atom. The summed E-state index contributed by atoms with van der Waals surface area (Å²) in [6, 6.07) is 27.4. The highest BCUT2D eigenvalue weighted by Crippen LogP contribution is 2.26. The predicted molar refractivity (Wildman–Crippen MR) is 124 cm³/mol.